The second-order valence-electron chi connectivity index (χ2n) is 3.48. The largest absolute Gasteiger partial charge is 0.272 e. The fourth-order valence-electron chi connectivity index (χ4n) is 1.61. The number of amides is 2. The highest BCUT2D eigenvalue weighted by Gasteiger charge is 2.38. The van der Waals surface area contributed by atoms with Crippen molar-refractivity contribution in [1.29, 1.82) is 0 Å². The zero-order valence-electron chi connectivity index (χ0n) is 9.00. The number of carbonyl (C=O) groups excluding carboxylic acids is 2. The van der Waals surface area contributed by atoms with Crippen molar-refractivity contribution in [2.45, 2.75) is 33.7 Å². The Kier molecular flexibility index (Phi) is 2.89. The Hall–Kier alpha value is -1.38. The predicted molar refractivity (Wildman–Crippen MR) is 54.5 cm³/mol. The van der Waals surface area contributed by atoms with Crippen LogP contribution in [0, 0.1) is 0 Å². The van der Waals surface area contributed by atoms with E-state index in [1.54, 1.807) is 26.0 Å². The van der Waals surface area contributed by atoms with E-state index in [4.69, 9.17) is 0 Å². The molecular formula is C11H15NO2. The van der Waals surface area contributed by atoms with Crippen molar-refractivity contribution in [3.8, 4) is 0 Å². The lowest BCUT2D eigenvalue weighted by Crippen LogP contribution is -2.35. The molecule has 76 valence electrons. The van der Waals surface area contributed by atoms with Crippen LogP contribution in [0.25, 0.3) is 0 Å². The number of likely N-dealkylation sites (tertiary alicyclic amines) is 1. The maximum atomic E-state index is 11.8. The summed E-state index contributed by atoms with van der Waals surface area (Å²) in [7, 11) is 0. The second-order valence-corrected chi connectivity index (χ2v) is 3.48. The zero-order chi connectivity index (χ0) is 10.9. The maximum Gasteiger partial charge on any atom is 0.261 e. The van der Waals surface area contributed by atoms with Crippen molar-refractivity contribution in [2.75, 3.05) is 0 Å². The molecule has 1 saturated heterocycles. The van der Waals surface area contributed by atoms with Gasteiger partial charge >= 0.3 is 0 Å². The first kappa shape index (κ1) is 10.7. The third kappa shape index (κ3) is 1.39. The summed E-state index contributed by atoms with van der Waals surface area (Å²) in [5.41, 5.74) is 1.04. The number of hydrogen-bond donors (Lipinski definition) is 0. The minimum absolute atomic E-state index is 0.0811. The number of hydrogen-bond acceptors (Lipinski definition) is 2. The van der Waals surface area contributed by atoms with E-state index in [2.05, 4.69) is 0 Å². The Morgan fingerprint density at radius 2 is 1.36 bits per heavy atom. The molecule has 0 saturated carbocycles. The molecule has 1 rings (SSSR count). The number of carbonyl (C=O) groups is 2. The highest BCUT2D eigenvalue weighted by atomic mass is 16.2. The lowest BCUT2D eigenvalue weighted by atomic mass is 10.1. The summed E-state index contributed by atoms with van der Waals surface area (Å²) in [4.78, 5) is 24.8. The number of rotatable bonds is 1. The van der Waals surface area contributed by atoms with Crippen LogP contribution in [0.5, 0.6) is 0 Å². The van der Waals surface area contributed by atoms with Gasteiger partial charge in [0.15, 0.2) is 0 Å². The van der Waals surface area contributed by atoms with Gasteiger partial charge in [0.2, 0.25) is 0 Å². The quantitative estimate of drug-likeness (QED) is 0.469. The molecule has 0 bridgehead atoms. The number of allylic oxidation sites excluding steroid dienone is 2. The molecule has 3 heteroatoms. The highest BCUT2D eigenvalue weighted by Crippen LogP contribution is 2.26. The van der Waals surface area contributed by atoms with E-state index in [9.17, 15) is 9.59 Å². The molecule has 2 amide bonds. The molecular weight excluding hydrogens is 178 g/mol. The van der Waals surface area contributed by atoms with Crippen LogP contribution in [0.1, 0.15) is 27.7 Å². The van der Waals surface area contributed by atoms with Crippen LogP contribution in [-0.2, 0) is 9.59 Å². The van der Waals surface area contributed by atoms with Crippen LogP contribution >= 0.6 is 0 Å². The zero-order valence-corrected chi connectivity index (χ0v) is 9.00. The van der Waals surface area contributed by atoms with E-state index in [0.717, 1.165) is 0 Å². The average molecular weight is 193 g/mol. The maximum absolute atomic E-state index is 11.8. The monoisotopic (exact) mass is 193 g/mol. The summed E-state index contributed by atoms with van der Waals surface area (Å²) in [6, 6.07) is -0.0811. The molecule has 0 N–H and O–H groups in total. The van der Waals surface area contributed by atoms with Crippen molar-refractivity contribution < 1.29 is 9.59 Å². The molecule has 0 atom stereocenters. The Morgan fingerprint density at radius 3 is 1.57 bits per heavy atom. The van der Waals surface area contributed by atoms with Gasteiger partial charge < -0.3 is 0 Å². The van der Waals surface area contributed by atoms with Gasteiger partial charge in [-0.25, -0.2) is 0 Å². The molecule has 1 fully saturated rings. The van der Waals surface area contributed by atoms with Crippen molar-refractivity contribution in [3.63, 3.8) is 0 Å². The lowest BCUT2D eigenvalue weighted by Gasteiger charge is -2.16. The third-order valence-electron chi connectivity index (χ3n) is 2.28. The molecule has 1 aliphatic heterocycles. The summed E-state index contributed by atoms with van der Waals surface area (Å²) >= 11 is 0. The Labute approximate surface area is 84.1 Å². The van der Waals surface area contributed by atoms with Crippen LogP contribution in [0.4, 0.5) is 0 Å². The van der Waals surface area contributed by atoms with Crippen molar-refractivity contribution in [1.82, 2.24) is 4.90 Å². The highest BCUT2D eigenvalue weighted by molar-refractivity contribution is 6.24. The normalized spacial score (nSPS) is 23.4. The standard InChI is InChI=1S/C11H15NO2/c1-5-8-9(6-2)11(14)12(7(3)4)10(8)13/h5-7H,1-4H3/b8-5+,9-6+. The van der Waals surface area contributed by atoms with E-state index in [0.29, 0.717) is 11.1 Å². The van der Waals surface area contributed by atoms with E-state index in [1.165, 1.54) is 4.90 Å². The van der Waals surface area contributed by atoms with Crippen molar-refractivity contribution in [2.24, 2.45) is 0 Å². The van der Waals surface area contributed by atoms with Gasteiger partial charge in [0.05, 0.1) is 0 Å². The summed E-state index contributed by atoms with van der Waals surface area (Å²) in [5, 5.41) is 0. The fourth-order valence-corrected chi connectivity index (χ4v) is 1.61. The predicted octanol–water partition coefficient (Wildman–Crippen LogP) is 1.66. The van der Waals surface area contributed by atoms with E-state index >= 15 is 0 Å². The first-order valence-electron chi connectivity index (χ1n) is 4.75. The van der Waals surface area contributed by atoms with Crippen molar-refractivity contribution >= 4 is 11.8 Å². The molecule has 1 aliphatic rings. The molecule has 0 spiro atoms. The molecule has 0 aliphatic carbocycles. The SMILES string of the molecule is C/C=C1/C(=O)N(C(C)C)C(=O)/C1=C/C. The molecule has 14 heavy (non-hydrogen) atoms. The second kappa shape index (κ2) is 3.78. The first-order valence-corrected chi connectivity index (χ1v) is 4.75. The third-order valence-corrected chi connectivity index (χ3v) is 2.28. The smallest absolute Gasteiger partial charge is 0.261 e. The Morgan fingerprint density at radius 1 is 1.00 bits per heavy atom. The Balaban J connectivity index is 3.21. The van der Waals surface area contributed by atoms with Gasteiger partial charge in [-0.05, 0) is 27.7 Å². The van der Waals surface area contributed by atoms with Crippen LogP contribution < -0.4 is 0 Å². The average Bonchev–Trinajstić information content (AvgIpc) is 2.36. The lowest BCUT2D eigenvalue weighted by molar-refractivity contribution is -0.138. The van der Waals surface area contributed by atoms with Gasteiger partial charge in [-0.3, -0.25) is 14.5 Å². The summed E-state index contributed by atoms with van der Waals surface area (Å²) in [6.45, 7) is 7.21. The van der Waals surface area contributed by atoms with Gasteiger partial charge in [-0.1, -0.05) is 12.2 Å². The Bertz CT molecular complexity index is 307. The number of nitrogens with zero attached hydrogens (tertiary/aromatic N) is 1. The van der Waals surface area contributed by atoms with Gasteiger partial charge in [-0.15, -0.1) is 0 Å². The molecule has 1 heterocycles. The molecule has 0 aromatic heterocycles. The van der Waals surface area contributed by atoms with Crippen LogP contribution in [0.3, 0.4) is 0 Å². The minimum atomic E-state index is -0.180. The topological polar surface area (TPSA) is 37.4 Å². The fraction of sp³-hybridized carbons (Fsp3) is 0.455. The van der Waals surface area contributed by atoms with Gasteiger partial charge in [0, 0.05) is 17.2 Å². The van der Waals surface area contributed by atoms with Gasteiger partial charge in [-0.2, -0.15) is 0 Å². The van der Waals surface area contributed by atoms with Crippen molar-refractivity contribution in [3.05, 3.63) is 23.3 Å². The first-order chi connectivity index (χ1) is 6.54. The van der Waals surface area contributed by atoms with E-state index < -0.39 is 0 Å². The van der Waals surface area contributed by atoms with Crippen LogP contribution in [-0.4, -0.2) is 22.8 Å². The van der Waals surface area contributed by atoms with Crippen LogP contribution in [0.2, 0.25) is 0 Å². The van der Waals surface area contributed by atoms with Gasteiger partial charge in [0.1, 0.15) is 0 Å². The number of imide groups is 1. The molecule has 0 unspecified atom stereocenters. The molecule has 0 aromatic carbocycles. The molecule has 0 aromatic rings. The summed E-state index contributed by atoms with van der Waals surface area (Å²) < 4.78 is 0. The van der Waals surface area contributed by atoms with E-state index in [1.807, 2.05) is 13.8 Å². The minimum Gasteiger partial charge on any atom is -0.272 e. The van der Waals surface area contributed by atoms with E-state index in [-0.39, 0.29) is 17.9 Å². The summed E-state index contributed by atoms with van der Waals surface area (Å²) in [5.74, 6) is -0.360. The molecule has 3 nitrogen and oxygen atoms in total. The molecule has 0 radical (unpaired) electrons. The van der Waals surface area contributed by atoms with Crippen LogP contribution in [0.15, 0.2) is 23.3 Å². The summed E-state index contributed by atoms with van der Waals surface area (Å²) in [6.07, 6.45) is 3.38. The van der Waals surface area contributed by atoms with Gasteiger partial charge in [0.25, 0.3) is 11.8 Å².